The molecule has 0 bridgehead atoms. The van der Waals surface area contributed by atoms with Crippen LogP contribution in [0.5, 0.6) is 0 Å². The normalized spacial score (nSPS) is 10.4. The Morgan fingerprint density at radius 2 is 1.96 bits per heavy atom. The average Bonchev–Trinajstić information content (AvgIpc) is 2.61. The number of benzene rings is 2. The van der Waals surface area contributed by atoms with Crippen molar-refractivity contribution in [3.05, 3.63) is 64.2 Å². The molecule has 0 fully saturated rings. The van der Waals surface area contributed by atoms with Crippen LogP contribution in [0.15, 0.2) is 47.4 Å². The highest BCUT2D eigenvalue weighted by Gasteiger charge is 2.14. The van der Waals surface area contributed by atoms with Crippen molar-refractivity contribution in [1.82, 2.24) is 5.32 Å². The van der Waals surface area contributed by atoms with Gasteiger partial charge >= 0.3 is 5.97 Å². The van der Waals surface area contributed by atoms with Crippen LogP contribution in [0.2, 0.25) is 5.02 Å². The third-order valence-electron chi connectivity index (χ3n) is 3.71. The third kappa shape index (κ3) is 5.80. The van der Waals surface area contributed by atoms with Crippen molar-refractivity contribution in [3.63, 3.8) is 0 Å². The van der Waals surface area contributed by atoms with Gasteiger partial charge in [0.15, 0.2) is 6.61 Å². The summed E-state index contributed by atoms with van der Waals surface area (Å²) in [5, 5.41) is 3.06. The first-order valence-corrected chi connectivity index (χ1v) is 9.43. The Balaban J connectivity index is 1.80. The maximum absolute atomic E-state index is 12.1. The van der Waals surface area contributed by atoms with Crippen LogP contribution < -0.4 is 5.32 Å². The molecule has 0 aliphatic rings. The van der Waals surface area contributed by atoms with Crippen LogP contribution in [0.1, 0.15) is 21.5 Å². The number of carbonyl (C=O) groups is 2. The molecule has 2 aromatic rings. The smallest absolute Gasteiger partial charge is 0.340 e. The molecular formula is C19H20ClNO3S. The van der Waals surface area contributed by atoms with Gasteiger partial charge in [0, 0.05) is 11.4 Å². The van der Waals surface area contributed by atoms with Crippen LogP contribution >= 0.6 is 23.4 Å². The summed E-state index contributed by atoms with van der Waals surface area (Å²) < 4.78 is 5.05. The zero-order valence-electron chi connectivity index (χ0n) is 14.2. The summed E-state index contributed by atoms with van der Waals surface area (Å²) in [5.74, 6) is -0.936. The summed E-state index contributed by atoms with van der Waals surface area (Å²) in [5.41, 5.74) is 2.63. The first-order chi connectivity index (χ1) is 12.0. The second kappa shape index (κ2) is 9.49. The van der Waals surface area contributed by atoms with Gasteiger partial charge < -0.3 is 10.1 Å². The summed E-state index contributed by atoms with van der Waals surface area (Å²) in [7, 11) is 0. The van der Waals surface area contributed by atoms with Crippen molar-refractivity contribution in [2.45, 2.75) is 18.2 Å². The number of halogens is 1. The van der Waals surface area contributed by atoms with Crippen molar-refractivity contribution >= 4 is 35.2 Å². The number of nitrogens with one attached hydrogen (secondary N) is 1. The summed E-state index contributed by atoms with van der Waals surface area (Å²) in [4.78, 5) is 24.8. The molecule has 2 rings (SSSR count). The van der Waals surface area contributed by atoms with Crippen LogP contribution in [-0.2, 0) is 16.0 Å². The number of amides is 1. The molecule has 0 radical (unpaired) electrons. The van der Waals surface area contributed by atoms with Gasteiger partial charge in [0.25, 0.3) is 5.91 Å². The molecular weight excluding hydrogens is 358 g/mol. The van der Waals surface area contributed by atoms with Gasteiger partial charge in [0.1, 0.15) is 0 Å². The molecule has 0 unspecified atom stereocenters. The maximum Gasteiger partial charge on any atom is 0.340 e. The summed E-state index contributed by atoms with van der Waals surface area (Å²) in [6.07, 6.45) is 2.63. The molecule has 0 heterocycles. The number of aryl methyl sites for hydroxylation is 1. The van der Waals surface area contributed by atoms with Gasteiger partial charge in [0.2, 0.25) is 0 Å². The SMILES string of the molecule is CSc1ccc(Cl)c(C(=O)OCC(=O)NCCc2ccccc2C)c1. The lowest BCUT2D eigenvalue weighted by atomic mass is 10.1. The van der Waals surface area contributed by atoms with Crippen molar-refractivity contribution in [1.29, 1.82) is 0 Å². The lowest BCUT2D eigenvalue weighted by molar-refractivity contribution is -0.124. The number of hydrogen-bond acceptors (Lipinski definition) is 4. The maximum atomic E-state index is 12.1. The van der Waals surface area contributed by atoms with E-state index >= 15 is 0 Å². The molecule has 1 amide bonds. The van der Waals surface area contributed by atoms with E-state index in [4.69, 9.17) is 16.3 Å². The molecule has 0 aliphatic heterocycles. The van der Waals surface area contributed by atoms with Crippen LogP contribution in [0, 0.1) is 6.92 Å². The topological polar surface area (TPSA) is 55.4 Å². The Morgan fingerprint density at radius 1 is 1.20 bits per heavy atom. The monoisotopic (exact) mass is 377 g/mol. The second-order valence-corrected chi connectivity index (χ2v) is 6.74. The highest BCUT2D eigenvalue weighted by atomic mass is 35.5. The fraction of sp³-hybridized carbons (Fsp3) is 0.263. The van der Waals surface area contributed by atoms with Crippen LogP contribution in [0.25, 0.3) is 0 Å². The van der Waals surface area contributed by atoms with E-state index in [1.165, 1.54) is 22.9 Å². The Labute approximate surface area is 156 Å². The van der Waals surface area contributed by atoms with Crippen LogP contribution in [-0.4, -0.2) is 31.3 Å². The predicted octanol–water partition coefficient (Wildman–Crippen LogP) is 3.89. The molecule has 0 spiro atoms. The molecule has 0 saturated carbocycles. The zero-order chi connectivity index (χ0) is 18.2. The number of carbonyl (C=O) groups excluding carboxylic acids is 2. The lowest BCUT2D eigenvalue weighted by Crippen LogP contribution is -2.30. The second-order valence-electron chi connectivity index (χ2n) is 5.45. The van der Waals surface area contributed by atoms with Crippen molar-refractivity contribution < 1.29 is 14.3 Å². The van der Waals surface area contributed by atoms with Gasteiger partial charge in [-0.15, -0.1) is 11.8 Å². The van der Waals surface area contributed by atoms with E-state index in [0.29, 0.717) is 11.6 Å². The van der Waals surface area contributed by atoms with E-state index in [1.807, 2.05) is 43.5 Å². The van der Waals surface area contributed by atoms with E-state index in [2.05, 4.69) is 5.32 Å². The van der Waals surface area contributed by atoms with Gasteiger partial charge in [-0.3, -0.25) is 4.79 Å². The lowest BCUT2D eigenvalue weighted by Gasteiger charge is -2.09. The van der Waals surface area contributed by atoms with Crippen molar-refractivity contribution in [2.24, 2.45) is 0 Å². The zero-order valence-corrected chi connectivity index (χ0v) is 15.7. The standard InChI is InChI=1S/C19H20ClNO3S/c1-13-5-3-4-6-14(13)9-10-21-18(22)12-24-19(23)16-11-15(25-2)7-8-17(16)20/h3-8,11H,9-10,12H2,1-2H3,(H,21,22). The van der Waals surface area contributed by atoms with Crippen LogP contribution in [0.3, 0.4) is 0 Å². The Bertz CT molecular complexity index is 764. The van der Waals surface area contributed by atoms with Crippen molar-refractivity contribution in [3.8, 4) is 0 Å². The quantitative estimate of drug-likeness (QED) is 0.587. The van der Waals surface area contributed by atoms with Crippen LogP contribution in [0.4, 0.5) is 0 Å². The molecule has 0 aliphatic carbocycles. The molecule has 132 valence electrons. The number of rotatable bonds is 7. The third-order valence-corrected chi connectivity index (χ3v) is 4.76. The fourth-order valence-corrected chi connectivity index (χ4v) is 2.91. The average molecular weight is 378 g/mol. The summed E-state index contributed by atoms with van der Waals surface area (Å²) in [6, 6.07) is 13.1. The van der Waals surface area contributed by atoms with Crippen molar-refractivity contribution in [2.75, 3.05) is 19.4 Å². The highest BCUT2D eigenvalue weighted by molar-refractivity contribution is 7.98. The molecule has 0 atom stereocenters. The van der Waals surface area contributed by atoms with E-state index < -0.39 is 5.97 Å². The Kier molecular flexibility index (Phi) is 7.34. The summed E-state index contributed by atoms with van der Waals surface area (Å²) in [6.45, 7) is 2.20. The first-order valence-electron chi connectivity index (χ1n) is 7.83. The van der Waals surface area contributed by atoms with Gasteiger partial charge in [-0.05, 0) is 48.9 Å². The predicted molar refractivity (Wildman–Crippen MR) is 101 cm³/mol. The molecule has 0 aromatic heterocycles. The van der Waals surface area contributed by atoms with Gasteiger partial charge in [0.05, 0.1) is 10.6 Å². The highest BCUT2D eigenvalue weighted by Crippen LogP contribution is 2.23. The fourth-order valence-electron chi connectivity index (χ4n) is 2.27. The molecule has 6 heteroatoms. The summed E-state index contributed by atoms with van der Waals surface area (Å²) >= 11 is 7.52. The van der Waals surface area contributed by atoms with E-state index in [0.717, 1.165) is 11.3 Å². The first kappa shape index (κ1) is 19.3. The molecule has 1 N–H and O–H groups in total. The molecule has 25 heavy (non-hydrogen) atoms. The molecule has 0 saturated heterocycles. The Hall–Kier alpha value is -1.98. The number of hydrogen-bond donors (Lipinski definition) is 1. The van der Waals surface area contributed by atoms with E-state index in [9.17, 15) is 9.59 Å². The number of ether oxygens (including phenoxy) is 1. The number of thioether (sulfide) groups is 1. The van der Waals surface area contributed by atoms with Gasteiger partial charge in [-0.2, -0.15) is 0 Å². The minimum absolute atomic E-state index is 0.265. The molecule has 4 nitrogen and oxygen atoms in total. The van der Waals surface area contributed by atoms with Gasteiger partial charge in [-0.1, -0.05) is 35.9 Å². The minimum atomic E-state index is -0.602. The number of esters is 1. The van der Waals surface area contributed by atoms with Gasteiger partial charge in [-0.25, -0.2) is 4.79 Å². The van der Waals surface area contributed by atoms with E-state index in [-0.39, 0.29) is 18.1 Å². The Morgan fingerprint density at radius 3 is 2.68 bits per heavy atom. The minimum Gasteiger partial charge on any atom is -0.452 e. The molecule has 2 aromatic carbocycles. The van der Waals surface area contributed by atoms with E-state index in [1.54, 1.807) is 12.1 Å². The largest absolute Gasteiger partial charge is 0.452 e.